The van der Waals surface area contributed by atoms with Crippen LogP contribution in [0.1, 0.15) is 12.8 Å². The fraction of sp³-hybridized carbons (Fsp3) is 0.900. The van der Waals surface area contributed by atoms with Crippen LogP contribution in [0.25, 0.3) is 0 Å². The quantitative estimate of drug-likeness (QED) is 0.552. The van der Waals surface area contributed by atoms with Gasteiger partial charge in [-0.3, -0.25) is 4.79 Å². The molecule has 0 radical (unpaired) electrons. The molecule has 0 aliphatic carbocycles. The summed E-state index contributed by atoms with van der Waals surface area (Å²) in [7, 11) is 2.88. The zero-order chi connectivity index (χ0) is 15.5. The van der Waals surface area contributed by atoms with Gasteiger partial charge in [0.2, 0.25) is 0 Å². The molecule has 114 valence electrons. The number of aliphatic hydroxyl groups excluding tert-OH is 1. The van der Waals surface area contributed by atoms with Crippen LogP contribution in [0.4, 0.5) is 22.0 Å². The maximum atomic E-state index is 12.7. The molecular weight excluding hydrogens is 277 g/mol. The number of alkyl halides is 5. The third kappa shape index (κ3) is 6.67. The standard InChI is InChI=1S/C10H16F5NO3/c1-16(2,4-3-8(18)19)6-7(17)5-9(11,12)10(13,14)15/h7,17H,3-6H2,1-2H3/p+1. The van der Waals surface area contributed by atoms with Crippen LogP contribution in [0.3, 0.4) is 0 Å². The Hall–Kier alpha value is -0.960. The number of carbonyl (C=O) groups is 1. The molecule has 0 bridgehead atoms. The largest absolute Gasteiger partial charge is 0.481 e. The highest BCUT2D eigenvalue weighted by Crippen LogP contribution is 2.38. The summed E-state index contributed by atoms with van der Waals surface area (Å²) in [6.45, 7) is -0.372. The van der Waals surface area contributed by atoms with E-state index >= 15 is 0 Å². The fourth-order valence-electron chi connectivity index (χ4n) is 1.54. The first kappa shape index (κ1) is 18.0. The molecule has 0 aliphatic rings. The lowest BCUT2D eigenvalue weighted by molar-refractivity contribution is -0.893. The van der Waals surface area contributed by atoms with Crippen LogP contribution in [-0.2, 0) is 4.79 Å². The SMILES string of the molecule is C[N+](C)(CCC(=O)O)CC(O)CC(F)(F)C(F)(F)F. The normalized spacial score (nSPS) is 15.4. The van der Waals surface area contributed by atoms with Crippen molar-refractivity contribution in [3.63, 3.8) is 0 Å². The van der Waals surface area contributed by atoms with Crippen molar-refractivity contribution in [3.8, 4) is 0 Å². The predicted molar refractivity (Wildman–Crippen MR) is 55.7 cm³/mol. The molecular formula is C10H17F5NO3+. The lowest BCUT2D eigenvalue weighted by Crippen LogP contribution is -2.49. The summed E-state index contributed by atoms with van der Waals surface area (Å²) in [5, 5.41) is 17.8. The Morgan fingerprint density at radius 2 is 1.68 bits per heavy atom. The van der Waals surface area contributed by atoms with Gasteiger partial charge in [-0.2, -0.15) is 22.0 Å². The smallest absolute Gasteiger partial charge is 0.453 e. The molecule has 9 heteroatoms. The van der Waals surface area contributed by atoms with Crippen LogP contribution in [0.15, 0.2) is 0 Å². The van der Waals surface area contributed by atoms with Crippen molar-refractivity contribution in [2.45, 2.75) is 31.0 Å². The van der Waals surface area contributed by atoms with Crippen LogP contribution < -0.4 is 0 Å². The van der Waals surface area contributed by atoms with Crippen molar-refractivity contribution in [3.05, 3.63) is 0 Å². The fourth-order valence-corrected chi connectivity index (χ4v) is 1.54. The molecule has 0 aliphatic heterocycles. The first-order chi connectivity index (χ1) is 8.27. The minimum Gasteiger partial charge on any atom is -0.481 e. The molecule has 0 heterocycles. The van der Waals surface area contributed by atoms with Gasteiger partial charge in [0.1, 0.15) is 12.6 Å². The van der Waals surface area contributed by atoms with Crippen LogP contribution >= 0.6 is 0 Å². The molecule has 0 amide bonds. The number of carboxylic acid groups (broad SMARTS) is 1. The lowest BCUT2D eigenvalue weighted by atomic mass is 10.1. The number of hydrogen-bond acceptors (Lipinski definition) is 2. The van der Waals surface area contributed by atoms with Gasteiger partial charge in [-0.1, -0.05) is 0 Å². The van der Waals surface area contributed by atoms with E-state index in [4.69, 9.17) is 5.11 Å². The van der Waals surface area contributed by atoms with Crippen molar-refractivity contribution in [2.24, 2.45) is 0 Å². The van der Waals surface area contributed by atoms with Crippen LogP contribution in [-0.4, -0.2) is 66.1 Å². The second kappa shape index (κ2) is 6.00. The average Bonchev–Trinajstić information content (AvgIpc) is 2.10. The minimum absolute atomic E-state index is 0.0178. The van der Waals surface area contributed by atoms with Gasteiger partial charge in [-0.15, -0.1) is 0 Å². The summed E-state index contributed by atoms with van der Waals surface area (Å²) in [4.78, 5) is 10.4. The molecule has 0 saturated carbocycles. The number of nitrogens with zero attached hydrogens (tertiary/aromatic N) is 1. The average molecular weight is 294 g/mol. The van der Waals surface area contributed by atoms with E-state index < -0.39 is 30.6 Å². The Morgan fingerprint density at radius 3 is 2.05 bits per heavy atom. The van der Waals surface area contributed by atoms with Gasteiger partial charge in [-0.25, -0.2) is 0 Å². The third-order valence-corrected chi connectivity index (χ3v) is 2.54. The van der Waals surface area contributed by atoms with E-state index in [1.807, 2.05) is 0 Å². The van der Waals surface area contributed by atoms with Crippen molar-refractivity contribution in [1.82, 2.24) is 0 Å². The van der Waals surface area contributed by atoms with Gasteiger partial charge in [0.05, 0.1) is 33.5 Å². The van der Waals surface area contributed by atoms with Crippen molar-refractivity contribution >= 4 is 5.97 Å². The number of quaternary nitrogens is 1. The second-order valence-corrected chi connectivity index (χ2v) is 5.05. The summed E-state index contributed by atoms with van der Waals surface area (Å²) in [5.74, 6) is -6.07. The monoisotopic (exact) mass is 294 g/mol. The number of halogens is 5. The molecule has 0 rings (SSSR count). The highest BCUT2D eigenvalue weighted by atomic mass is 19.4. The van der Waals surface area contributed by atoms with Crippen molar-refractivity contribution < 1.29 is 41.4 Å². The van der Waals surface area contributed by atoms with Gasteiger partial charge in [0.25, 0.3) is 0 Å². The van der Waals surface area contributed by atoms with E-state index in [0.29, 0.717) is 0 Å². The topological polar surface area (TPSA) is 57.5 Å². The number of likely N-dealkylation sites (N-methyl/N-ethyl adjacent to an activating group) is 1. The van der Waals surface area contributed by atoms with Gasteiger partial charge in [-0.05, 0) is 0 Å². The highest BCUT2D eigenvalue weighted by molar-refractivity contribution is 5.66. The van der Waals surface area contributed by atoms with Crippen molar-refractivity contribution in [1.29, 1.82) is 0 Å². The number of aliphatic carboxylic acids is 1. The van der Waals surface area contributed by atoms with E-state index in [1.165, 1.54) is 14.1 Å². The third-order valence-electron chi connectivity index (χ3n) is 2.54. The first-order valence-corrected chi connectivity index (χ1v) is 5.43. The maximum absolute atomic E-state index is 12.7. The predicted octanol–water partition coefficient (Wildman–Crippen LogP) is 1.49. The zero-order valence-corrected chi connectivity index (χ0v) is 10.5. The summed E-state index contributed by atoms with van der Waals surface area (Å²) in [6.07, 6.45) is -9.58. The van der Waals surface area contributed by atoms with E-state index in [1.54, 1.807) is 0 Å². The molecule has 4 nitrogen and oxygen atoms in total. The molecule has 1 atom stereocenters. The summed E-state index contributed by atoms with van der Waals surface area (Å²) >= 11 is 0. The molecule has 0 aromatic rings. The minimum atomic E-state index is -5.70. The Bertz CT molecular complexity index is 317. The molecule has 19 heavy (non-hydrogen) atoms. The van der Waals surface area contributed by atoms with E-state index in [9.17, 15) is 31.9 Å². The van der Waals surface area contributed by atoms with Gasteiger partial charge in [0.15, 0.2) is 0 Å². The molecule has 2 N–H and O–H groups in total. The molecule has 0 aromatic carbocycles. The maximum Gasteiger partial charge on any atom is 0.453 e. The number of carboxylic acids is 1. The molecule has 1 unspecified atom stereocenters. The van der Waals surface area contributed by atoms with E-state index in [2.05, 4.69) is 0 Å². The Morgan fingerprint density at radius 1 is 1.21 bits per heavy atom. The van der Waals surface area contributed by atoms with Gasteiger partial charge in [0, 0.05) is 0 Å². The van der Waals surface area contributed by atoms with E-state index in [0.717, 1.165) is 0 Å². The molecule has 0 aromatic heterocycles. The molecule has 0 spiro atoms. The summed E-state index contributed by atoms with van der Waals surface area (Å²) < 4.78 is 61.0. The highest BCUT2D eigenvalue weighted by Gasteiger charge is 2.58. The number of hydrogen-bond donors (Lipinski definition) is 2. The lowest BCUT2D eigenvalue weighted by Gasteiger charge is -2.32. The Labute approximate surface area is 107 Å². The van der Waals surface area contributed by atoms with Crippen molar-refractivity contribution in [2.75, 3.05) is 27.2 Å². The zero-order valence-electron chi connectivity index (χ0n) is 10.5. The number of aliphatic hydroxyl groups is 1. The van der Waals surface area contributed by atoms with Gasteiger partial charge >= 0.3 is 18.1 Å². The Kier molecular flexibility index (Phi) is 5.69. The first-order valence-electron chi connectivity index (χ1n) is 5.43. The summed E-state index contributed by atoms with van der Waals surface area (Å²) in [6, 6.07) is 0. The molecule has 0 saturated heterocycles. The van der Waals surface area contributed by atoms with Crippen LogP contribution in [0, 0.1) is 0 Å². The number of rotatable bonds is 7. The second-order valence-electron chi connectivity index (χ2n) is 5.05. The Balaban J connectivity index is 4.45. The van der Waals surface area contributed by atoms with E-state index in [-0.39, 0.29) is 24.0 Å². The van der Waals surface area contributed by atoms with Crippen LogP contribution in [0.5, 0.6) is 0 Å². The van der Waals surface area contributed by atoms with Gasteiger partial charge < -0.3 is 14.7 Å². The molecule has 0 fully saturated rings. The van der Waals surface area contributed by atoms with Crippen LogP contribution in [0.2, 0.25) is 0 Å². The summed E-state index contributed by atoms with van der Waals surface area (Å²) in [5.41, 5.74) is 0.